The Morgan fingerprint density at radius 2 is 0.435 bits per heavy atom. The van der Waals surface area contributed by atoms with Crippen molar-refractivity contribution in [2.45, 2.75) is 27.7 Å². The number of aromatic nitrogens is 10. The van der Waals surface area contributed by atoms with E-state index in [0.29, 0.717) is 0 Å². The van der Waals surface area contributed by atoms with E-state index in [1.54, 1.807) is 6.33 Å². The molecule has 23 aromatic rings. The first kappa shape index (κ1) is 76.6. The van der Waals surface area contributed by atoms with Gasteiger partial charge >= 0.3 is 40.2 Å². The normalized spacial score (nSPS) is 11.6. The molecule has 0 aliphatic rings. The van der Waals surface area contributed by atoms with E-state index in [2.05, 4.69) is 395 Å². The predicted molar refractivity (Wildman–Crippen MR) is 495 cm³/mol. The standard InChI is InChI=1S/C112H70N10.2Ir/c1-69-64-119-49-45-81-53-77(37-41-103(81)109(119)115-69)93-19-7-13-25-99(93)87-57-85(58-88(61-87)100-26-14-8-20-94(100)78-38-42-104-82(54-78)46-50-120-65-70(2)116-110(104)120)97-23-11-5-17-91(97)73-29-33-75(34-30-73)107-63-108(114-68-113-107)76-35-31-74(32-36-76)92-18-6-12-24-98(92)86-59-89(101-27-15-9-21-95(101)79-39-43-105-83(55-79)47-51-121-66-71(3)117-111(105)121)62-90(60-86)102-28-16-10-22-96(102)80-40-44-106-84(56-80)48-52-122-67-72(4)118-112(106)122;;/h5-33,35,37-40,45-68H,1-4H3;;/q-6;2*+3. The van der Waals surface area contributed by atoms with Gasteiger partial charge in [0.25, 0.3) is 0 Å². The van der Waals surface area contributed by atoms with Crippen molar-refractivity contribution in [3.05, 3.63) is 412 Å². The molecule has 9 aromatic heterocycles. The Morgan fingerprint density at radius 1 is 0.218 bits per heavy atom. The average molecular weight is 1940 g/mol. The van der Waals surface area contributed by atoms with Crippen molar-refractivity contribution in [1.82, 2.24) is 47.5 Å². The van der Waals surface area contributed by atoms with Gasteiger partial charge in [0.15, 0.2) is 0 Å². The number of nitrogens with zero attached hydrogens (tertiary/aromatic N) is 10. The van der Waals surface area contributed by atoms with Crippen LogP contribution in [0, 0.1) is 64.1 Å². The van der Waals surface area contributed by atoms with Crippen LogP contribution in [0.3, 0.4) is 0 Å². The summed E-state index contributed by atoms with van der Waals surface area (Å²) in [4.78, 5) is 29.3. The number of aryl methyl sites for hydroxylation is 4. The summed E-state index contributed by atoms with van der Waals surface area (Å²) >= 11 is 0. The third-order valence-electron chi connectivity index (χ3n) is 23.9. The molecule has 0 saturated heterocycles. The number of rotatable bonds is 14. The largest absolute Gasteiger partial charge is 3.00 e. The Balaban J connectivity index is 0.00000471. The Labute approximate surface area is 743 Å². The summed E-state index contributed by atoms with van der Waals surface area (Å²) in [5.74, 6) is 0. The van der Waals surface area contributed by atoms with Crippen molar-refractivity contribution in [3.8, 4) is 156 Å². The molecule has 0 radical (unpaired) electrons. The van der Waals surface area contributed by atoms with Crippen LogP contribution in [-0.2, 0) is 40.2 Å². The number of pyridine rings is 4. The van der Waals surface area contributed by atoms with E-state index in [9.17, 15) is 0 Å². The molecule has 0 fully saturated rings. The summed E-state index contributed by atoms with van der Waals surface area (Å²) in [5, 5.41) is 8.27. The Kier molecular flexibility index (Phi) is 19.4. The second-order valence-electron chi connectivity index (χ2n) is 31.7. The fourth-order valence-corrected chi connectivity index (χ4v) is 18.1. The molecule has 0 aliphatic heterocycles. The molecule has 0 unspecified atom stereocenters. The van der Waals surface area contributed by atoms with E-state index in [0.717, 1.165) is 244 Å². The van der Waals surface area contributed by atoms with Crippen molar-refractivity contribution >= 4 is 65.7 Å². The van der Waals surface area contributed by atoms with Gasteiger partial charge in [-0.3, -0.25) is 29.9 Å². The van der Waals surface area contributed by atoms with Crippen molar-refractivity contribution in [3.63, 3.8) is 0 Å². The van der Waals surface area contributed by atoms with Gasteiger partial charge in [0, 0.05) is 47.6 Å². The molecule has 12 heteroatoms. The van der Waals surface area contributed by atoms with Crippen LogP contribution >= 0.6 is 0 Å². The minimum absolute atomic E-state index is 0. The third kappa shape index (κ3) is 13.7. The van der Waals surface area contributed by atoms with Crippen molar-refractivity contribution in [2.24, 2.45) is 0 Å². The van der Waals surface area contributed by atoms with Gasteiger partial charge in [-0.15, -0.1) is 176 Å². The average Bonchev–Trinajstić information content (AvgIpc) is 1.45. The minimum atomic E-state index is 0. The molecule has 0 amide bonds. The van der Waals surface area contributed by atoms with Crippen LogP contribution in [0.2, 0.25) is 0 Å². The van der Waals surface area contributed by atoms with Crippen molar-refractivity contribution < 1.29 is 40.2 Å². The number of benzene rings is 14. The van der Waals surface area contributed by atoms with Gasteiger partial charge in [-0.05, 0) is 167 Å². The molecule has 124 heavy (non-hydrogen) atoms. The number of fused-ring (bicyclic) bond motifs is 12. The molecule has 586 valence electrons. The monoisotopic (exact) mass is 1940 g/mol. The van der Waals surface area contributed by atoms with Gasteiger partial charge in [-0.2, -0.15) is 0 Å². The second-order valence-corrected chi connectivity index (χ2v) is 31.7. The molecule has 23 rings (SSSR count). The van der Waals surface area contributed by atoms with E-state index < -0.39 is 0 Å². The Bertz CT molecular complexity index is 7370. The first-order chi connectivity index (χ1) is 60.0. The summed E-state index contributed by atoms with van der Waals surface area (Å²) in [6, 6.07) is 130. The summed E-state index contributed by atoms with van der Waals surface area (Å²) in [6.07, 6.45) is 18.2. The molecular formula is C112H70Ir2N10. The molecule has 0 atom stereocenters. The molecule has 0 spiro atoms. The van der Waals surface area contributed by atoms with Crippen LogP contribution in [-0.4, -0.2) is 47.5 Å². The smallest absolute Gasteiger partial charge is 0.347 e. The topological polar surface area (TPSA) is 95.0 Å². The zero-order valence-corrected chi connectivity index (χ0v) is 72.4. The predicted octanol–water partition coefficient (Wildman–Crippen LogP) is 27.0. The molecule has 0 bridgehead atoms. The minimum Gasteiger partial charge on any atom is -0.347 e. The summed E-state index contributed by atoms with van der Waals surface area (Å²) in [5.41, 5.74) is 36.6. The zero-order valence-electron chi connectivity index (χ0n) is 67.6. The first-order valence-corrected chi connectivity index (χ1v) is 41.0. The van der Waals surface area contributed by atoms with Crippen molar-refractivity contribution in [2.75, 3.05) is 0 Å². The van der Waals surface area contributed by atoms with Gasteiger partial charge < -0.3 is 17.6 Å². The van der Waals surface area contributed by atoms with E-state index in [1.165, 1.54) is 0 Å². The fraction of sp³-hybridized carbons (Fsp3) is 0.0357. The summed E-state index contributed by atoms with van der Waals surface area (Å²) in [7, 11) is 0. The van der Waals surface area contributed by atoms with Crippen molar-refractivity contribution in [1.29, 1.82) is 0 Å². The second kappa shape index (κ2) is 31.4. The third-order valence-corrected chi connectivity index (χ3v) is 23.9. The maximum absolute atomic E-state index is 4.88. The maximum Gasteiger partial charge on any atom is 3.00 e. The quantitative estimate of drug-likeness (QED) is 0.101. The van der Waals surface area contributed by atoms with Crippen LogP contribution in [0.15, 0.2) is 353 Å². The Hall–Kier alpha value is -14.7. The molecule has 14 aromatic carbocycles. The number of hydrogen-bond donors (Lipinski definition) is 0. The molecule has 10 nitrogen and oxygen atoms in total. The SMILES string of the molecule is Cc1cn2ccc3cc(-c4ccccc4-c4cc(-c5ccccc5-c5c[c-]c(-c6cc(-c7[c-]cc(-c8ccccc8-c8cc(-c9ccccc9-c9c[c-]c%10c(ccn%11cc(C)nc%10%11)c9)cc(-c9ccccc9-c9c[c-]c%10c(ccn%11cc(C)nc%10%11)c9)c8)cc7)ncn6)cc5)cc(-c5ccccc5-c5c[c-]c6c(ccn7cc(C)nc67)c5)c4)c[c-]c3c2n1.[Ir+3].[Ir+3]. The van der Waals surface area contributed by atoms with Crippen LogP contribution in [0.5, 0.6) is 0 Å². The van der Waals surface area contributed by atoms with E-state index in [1.807, 2.05) is 33.8 Å². The number of imidazole rings is 4. The van der Waals surface area contributed by atoms with Gasteiger partial charge in [0.2, 0.25) is 0 Å². The molecule has 9 heterocycles. The molecular weight excluding hydrogens is 1870 g/mol. The molecule has 0 aliphatic carbocycles. The maximum atomic E-state index is 4.88. The van der Waals surface area contributed by atoms with E-state index >= 15 is 0 Å². The zero-order chi connectivity index (χ0) is 81.2. The van der Waals surface area contributed by atoms with E-state index in [4.69, 9.17) is 29.9 Å². The summed E-state index contributed by atoms with van der Waals surface area (Å²) < 4.78 is 8.32. The molecule has 0 saturated carbocycles. The van der Waals surface area contributed by atoms with E-state index in [-0.39, 0.29) is 40.2 Å². The Morgan fingerprint density at radius 3 is 0.661 bits per heavy atom. The van der Waals surface area contributed by atoms with Crippen LogP contribution in [0.25, 0.3) is 222 Å². The van der Waals surface area contributed by atoms with Crippen LogP contribution in [0.4, 0.5) is 0 Å². The van der Waals surface area contributed by atoms with Crippen LogP contribution in [0.1, 0.15) is 22.8 Å². The van der Waals surface area contributed by atoms with Gasteiger partial charge in [0.05, 0.1) is 28.9 Å². The number of hydrogen-bond acceptors (Lipinski definition) is 6. The van der Waals surface area contributed by atoms with Crippen LogP contribution < -0.4 is 0 Å². The first-order valence-electron chi connectivity index (χ1n) is 41.0. The van der Waals surface area contributed by atoms with Gasteiger partial charge in [-0.25, -0.2) is 0 Å². The molecule has 0 N–H and O–H groups in total. The summed E-state index contributed by atoms with van der Waals surface area (Å²) in [6.45, 7) is 8.12. The van der Waals surface area contributed by atoms with Gasteiger partial charge in [0.1, 0.15) is 0 Å². The van der Waals surface area contributed by atoms with Gasteiger partial charge in [-0.1, -0.05) is 243 Å². The fourth-order valence-electron chi connectivity index (χ4n) is 18.1.